The Labute approximate surface area is 132 Å². The Morgan fingerprint density at radius 3 is 2.38 bits per heavy atom. The molecule has 0 spiro atoms. The van der Waals surface area contributed by atoms with Crippen LogP contribution in [0.25, 0.3) is 10.9 Å². The molecule has 0 amide bonds. The number of hydrogen-bond donors (Lipinski definition) is 0. The molecule has 1 aromatic heterocycles. The number of halogens is 2. The zero-order valence-electron chi connectivity index (χ0n) is 11.7. The van der Waals surface area contributed by atoms with Crippen LogP contribution >= 0.6 is 23.2 Å². The largest absolute Gasteiger partial charge is 0.350 e. The molecule has 0 bridgehead atoms. The van der Waals surface area contributed by atoms with Crippen LogP contribution in [0.2, 0.25) is 10.0 Å². The van der Waals surface area contributed by atoms with Gasteiger partial charge in [-0.15, -0.1) is 0 Å². The zero-order valence-corrected chi connectivity index (χ0v) is 13.2. The topological polar surface area (TPSA) is 22.0 Å². The lowest BCUT2D eigenvalue weighted by atomic mass is 9.99. The van der Waals surface area contributed by atoms with Gasteiger partial charge in [-0.25, -0.2) is 0 Å². The van der Waals surface area contributed by atoms with Gasteiger partial charge in [0.2, 0.25) is 0 Å². The summed E-state index contributed by atoms with van der Waals surface area (Å²) in [5, 5.41) is 2.19. The fourth-order valence-electron chi connectivity index (χ4n) is 2.56. The highest BCUT2D eigenvalue weighted by molar-refractivity contribution is 6.32. The highest BCUT2D eigenvalue weighted by atomic mass is 35.5. The van der Waals surface area contributed by atoms with E-state index in [1.165, 1.54) is 0 Å². The van der Waals surface area contributed by atoms with E-state index in [1.54, 1.807) is 24.3 Å². The van der Waals surface area contributed by atoms with Crippen LogP contribution in [0.4, 0.5) is 0 Å². The molecular formula is C17H13Cl2NO. The van der Waals surface area contributed by atoms with Gasteiger partial charge in [-0.2, -0.15) is 0 Å². The maximum Gasteiger partial charge on any atom is 0.195 e. The average Bonchev–Trinajstić information content (AvgIpc) is 2.75. The van der Waals surface area contributed by atoms with E-state index in [1.807, 2.05) is 36.9 Å². The maximum atomic E-state index is 12.8. The van der Waals surface area contributed by atoms with Crippen molar-refractivity contribution in [2.24, 2.45) is 7.05 Å². The van der Waals surface area contributed by atoms with Crippen molar-refractivity contribution in [3.05, 3.63) is 69.3 Å². The smallest absolute Gasteiger partial charge is 0.195 e. The van der Waals surface area contributed by atoms with Crippen molar-refractivity contribution < 1.29 is 4.79 Å². The molecule has 2 aromatic carbocycles. The van der Waals surface area contributed by atoms with Gasteiger partial charge < -0.3 is 4.57 Å². The first-order chi connectivity index (χ1) is 9.97. The van der Waals surface area contributed by atoms with Crippen LogP contribution in [-0.2, 0) is 7.05 Å². The van der Waals surface area contributed by atoms with E-state index in [0.29, 0.717) is 21.2 Å². The van der Waals surface area contributed by atoms with Gasteiger partial charge in [0.25, 0.3) is 0 Å². The average molecular weight is 318 g/mol. The minimum absolute atomic E-state index is 0.00270. The highest BCUT2D eigenvalue weighted by Gasteiger charge is 2.17. The van der Waals surface area contributed by atoms with Gasteiger partial charge in [0, 0.05) is 45.3 Å². The SMILES string of the molecule is Cc1cc(Cl)ccc1C(=O)c1cn(C)c2cc(Cl)ccc12. The van der Waals surface area contributed by atoms with Crippen LogP contribution in [0.3, 0.4) is 0 Å². The summed E-state index contributed by atoms with van der Waals surface area (Å²) in [6.07, 6.45) is 1.84. The molecule has 4 heteroatoms. The Morgan fingerprint density at radius 2 is 1.67 bits per heavy atom. The number of benzene rings is 2. The molecule has 0 saturated heterocycles. The van der Waals surface area contributed by atoms with Crippen molar-refractivity contribution in [3.63, 3.8) is 0 Å². The van der Waals surface area contributed by atoms with Gasteiger partial charge in [0.05, 0.1) is 0 Å². The molecule has 0 radical (unpaired) electrons. The second kappa shape index (κ2) is 5.21. The van der Waals surface area contributed by atoms with E-state index < -0.39 is 0 Å². The Hall–Kier alpha value is -1.77. The summed E-state index contributed by atoms with van der Waals surface area (Å²) >= 11 is 12.0. The summed E-state index contributed by atoms with van der Waals surface area (Å²) < 4.78 is 1.92. The number of aryl methyl sites for hydroxylation is 2. The van der Waals surface area contributed by atoms with Crippen LogP contribution in [0.15, 0.2) is 42.6 Å². The number of aromatic nitrogens is 1. The second-order valence-corrected chi connectivity index (χ2v) is 5.98. The van der Waals surface area contributed by atoms with Gasteiger partial charge in [-0.05, 0) is 42.8 Å². The zero-order chi connectivity index (χ0) is 15.1. The van der Waals surface area contributed by atoms with Crippen molar-refractivity contribution in [1.82, 2.24) is 4.57 Å². The minimum Gasteiger partial charge on any atom is -0.350 e. The molecule has 0 saturated carbocycles. The van der Waals surface area contributed by atoms with Gasteiger partial charge in [-0.3, -0.25) is 4.79 Å². The molecule has 0 unspecified atom stereocenters. The summed E-state index contributed by atoms with van der Waals surface area (Å²) in [4.78, 5) is 12.8. The second-order valence-electron chi connectivity index (χ2n) is 5.10. The number of hydrogen-bond acceptors (Lipinski definition) is 1. The lowest BCUT2D eigenvalue weighted by molar-refractivity contribution is 0.103. The van der Waals surface area contributed by atoms with E-state index in [2.05, 4.69) is 0 Å². The first-order valence-corrected chi connectivity index (χ1v) is 7.28. The van der Waals surface area contributed by atoms with E-state index in [0.717, 1.165) is 16.5 Å². The monoisotopic (exact) mass is 317 g/mol. The molecule has 0 atom stereocenters. The molecule has 3 aromatic rings. The number of carbonyl (C=O) groups is 1. The summed E-state index contributed by atoms with van der Waals surface area (Å²) in [5.74, 6) is -0.00270. The Morgan fingerprint density at radius 1 is 1.00 bits per heavy atom. The third kappa shape index (κ3) is 2.45. The van der Waals surface area contributed by atoms with Crippen LogP contribution < -0.4 is 0 Å². The molecule has 0 fully saturated rings. The normalized spacial score (nSPS) is 11.0. The van der Waals surface area contributed by atoms with Crippen molar-refractivity contribution in [1.29, 1.82) is 0 Å². The molecule has 0 aliphatic carbocycles. The summed E-state index contributed by atoms with van der Waals surface area (Å²) in [6.45, 7) is 1.89. The lowest BCUT2D eigenvalue weighted by Crippen LogP contribution is -2.03. The van der Waals surface area contributed by atoms with Crippen molar-refractivity contribution >= 4 is 39.9 Å². The molecule has 0 N–H and O–H groups in total. The first kappa shape index (κ1) is 14.2. The molecule has 0 aliphatic heterocycles. The summed E-state index contributed by atoms with van der Waals surface area (Å²) in [6, 6.07) is 10.9. The Balaban J connectivity index is 2.18. The van der Waals surface area contributed by atoms with Gasteiger partial charge >= 0.3 is 0 Å². The predicted molar refractivity (Wildman–Crippen MR) is 87.6 cm³/mol. The van der Waals surface area contributed by atoms with E-state index in [4.69, 9.17) is 23.2 Å². The summed E-state index contributed by atoms with van der Waals surface area (Å²) in [5.41, 5.74) is 3.16. The third-order valence-corrected chi connectivity index (χ3v) is 4.10. The minimum atomic E-state index is -0.00270. The molecule has 3 rings (SSSR count). The Kier molecular flexibility index (Phi) is 3.52. The van der Waals surface area contributed by atoms with Crippen molar-refractivity contribution in [3.8, 4) is 0 Å². The molecule has 106 valence electrons. The van der Waals surface area contributed by atoms with Gasteiger partial charge in [-0.1, -0.05) is 29.3 Å². The number of nitrogens with zero attached hydrogens (tertiary/aromatic N) is 1. The third-order valence-electron chi connectivity index (χ3n) is 3.63. The fourth-order valence-corrected chi connectivity index (χ4v) is 2.96. The van der Waals surface area contributed by atoms with E-state index in [9.17, 15) is 4.79 Å². The Bertz CT molecular complexity index is 865. The van der Waals surface area contributed by atoms with Crippen molar-refractivity contribution in [2.45, 2.75) is 6.92 Å². The van der Waals surface area contributed by atoms with E-state index >= 15 is 0 Å². The van der Waals surface area contributed by atoms with Crippen LogP contribution in [0.5, 0.6) is 0 Å². The summed E-state index contributed by atoms with van der Waals surface area (Å²) in [7, 11) is 1.91. The molecule has 0 aliphatic rings. The number of carbonyl (C=O) groups excluding carboxylic acids is 1. The van der Waals surface area contributed by atoms with Gasteiger partial charge in [0.1, 0.15) is 0 Å². The predicted octanol–water partition coefficient (Wildman–Crippen LogP) is 5.02. The number of rotatable bonds is 2. The fraction of sp³-hybridized carbons (Fsp3) is 0.118. The molecular weight excluding hydrogens is 305 g/mol. The molecule has 2 nitrogen and oxygen atoms in total. The number of ketones is 1. The quantitative estimate of drug-likeness (QED) is 0.608. The van der Waals surface area contributed by atoms with Crippen LogP contribution in [0, 0.1) is 6.92 Å². The van der Waals surface area contributed by atoms with Crippen LogP contribution in [-0.4, -0.2) is 10.4 Å². The lowest BCUT2D eigenvalue weighted by Gasteiger charge is -2.04. The van der Waals surface area contributed by atoms with Gasteiger partial charge in [0.15, 0.2) is 5.78 Å². The maximum absolute atomic E-state index is 12.8. The highest BCUT2D eigenvalue weighted by Crippen LogP contribution is 2.27. The molecule has 1 heterocycles. The number of fused-ring (bicyclic) bond motifs is 1. The standard InChI is InChI=1S/C17H13Cl2NO/c1-10-7-11(18)3-5-13(10)17(21)15-9-20(2)16-8-12(19)4-6-14(15)16/h3-9H,1-2H3. The van der Waals surface area contributed by atoms with Crippen molar-refractivity contribution in [2.75, 3.05) is 0 Å². The van der Waals surface area contributed by atoms with E-state index in [-0.39, 0.29) is 5.78 Å². The molecule has 21 heavy (non-hydrogen) atoms. The first-order valence-electron chi connectivity index (χ1n) is 6.53. The van der Waals surface area contributed by atoms with Crippen LogP contribution in [0.1, 0.15) is 21.5 Å².